The first-order valence-corrected chi connectivity index (χ1v) is 39.7. The minimum absolute atomic E-state index is 0.184. The maximum Gasteiger partial charge on any atom is 0.361 e. The molecule has 9 heteroatoms. The van der Waals surface area contributed by atoms with Gasteiger partial charge < -0.3 is 28.5 Å². The molecule has 0 radical (unpaired) electrons. The van der Waals surface area contributed by atoms with E-state index in [2.05, 4.69) is 135 Å². The van der Waals surface area contributed by atoms with Crippen molar-refractivity contribution in [2.75, 3.05) is 47.5 Å². The van der Waals surface area contributed by atoms with Crippen LogP contribution >= 0.6 is 0 Å². The summed E-state index contributed by atoms with van der Waals surface area (Å²) in [5.74, 6) is -2.00. The fraction of sp³-hybridized carbons (Fsp3) is 0.733. The number of unbranched alkanes of at least 4 members (excludes halogenated alkanes) is 38. The van der Waals surface area contributed by atoms with Crippen LogP contribution in [0.4, 0.5) is 0 Å². The summed E-state index contributed by atoms with van der Waals surface area (Å²) < 4.78 is 23.0. The number of carbonyl (C=O) groups excluding carboxylic acids is 2. The molecule has 0 saturated heterocycles. The van der Waals surface area contributed by atoms with E-state index in [1.165, 1.54) is 212 Å². The van der Waals surface area contributed by atoms with Crippen LogP contribution in [0.15, 0.2) is 122 Å². The highest BCUT2D eigenvalue weighted by atomic mass is 16.7. The molecule has 0 spiro atoms. The highest BCUT2D eigenvalue weighted by Crippen LogP contribution is 2.18. The molecule has 0 rings (SSSR count). The van der Waals surface area contributed by atoms with Crippen molar-refractivity contribution >= 4 is 17.9 Å². The molecular formula is C86H150NO8+. The first-order chi connectivity index (χ1) is 46.6. The van der Waals surface area contributed by atoms with Crippen LogP contribution < -0.4 is 0 Å². The first-order valence-electron chi connectivity index (χ1n) is 39.7. The predicted octanol–water partition coefficient (Wildman–Crippen LogP) is 25.5. The van der Waals surface area contributed by atoms with Crippen molar-refractivity contribution in [1.29, 1.82) is 0 Å². The second kappa shape index (κ2) is 75.5. The van der Waals surface area contributed by atoms with E-state index in [4.69, 9.17) is 18.9 Å². The standard InChI is InChI=1S/C86H149NO8/c1-6-8-10-12-14-16-18-20-22-24-26-28-30-32-34-36-38-39-40-41-42-43-44-45-47-49-51-53-55-57-59-61-63-65-67-69-71-73-75-77-84(89)95-82(81-94-86(85(90)91)92-79-78-87(3,4)5)80-93-83(88)76-74-72-70-68-66-64-62-60-58-56-54-52-50-48-46-37-35-33-31-29-27-25-23-21-19-17-15-13-11-9-7-2/h8,10,14,16,20,22,25-28,32,34,38-39,41-42,44-45,49,51,82,86H,6-7,9,11-13,15,17-19,21,23-24,29-31,33,35-37,40,43,46-48,50,52-81H2,1-5H3/p+1/b10-8-,16-14-,22-20-,27-25-,28-26-,34-32-,39-38-,42-41-,45-44-,51-49-. The Balaban J connectivity index is 4.07. The summed E-state index contributed by atoms with van der Waals surface area (Å²) in [4.78, 5) is 37.7. The lowest BCUT2D eigenvalue weighted by Crippen LogP contribution is -2.40. The number of likely N-dealkylation sites (N-methyl/N-ethyl adjacent to an activating group) is 1. The van der Waals surface area contributed by atoms with Gasteiger partial charge in [-0.15, -0.1) is 0 Å². The van der Waals surface area contributed by atoms with Crippen molar-refractivity contribution in [2.45, 2.75) is 360 Å². The van der Waals surface area contributed by atoms with E-state index in [1.807, 2.05) is 21.1 Å². The number of aliphatic carboxylic acids is 1. The van der Waals surface area contributed by atoms with Crippen LogP contribution in [0.5, 0.6) is 0 Å². The molecule has 0 aliphatic carbocycles. The van der Waals surface area contributed by atoms with Gasteiger partial charge in [0.05, 0.1) is 34.4 Å². The monoisotopic (exact) mass is 1330 g/mol. The Labute approximate surface area is 587 Å². The summed E-state index contributed by atoms with van der Waals surface area (Å²) in [7, 11) is 5.98. The minimum Gasteiger partial charge on any atom is -0.477 e. The third kappa shape index (κ3) is 76.9. The Morgan fingerprint density at radius 3 is 0.905 bits per heavy atom. The largest absolute Gasteiger partial charge is 0.477 e. The highest BCUT2D eigenvalue weighted by Gasteiger charge is 2.25. The van der Waals surface area contributed by atoms with Gasteiger partial charge in [0.15, 0.2) is 6.10 Å². The maximum absolute atomic E-state index is 13.0. The number of carboxylic acid groups (broad SMARTS) is 1. The van der Waals surface area contributed by atoms with Crippen molar-refractivity contribution in [2.24, 2.45) is 0 Å². The second-order valence-electron chi connectivity index (χ2n) is 27.6. The van der Waals surface area contributed by atoms with Crippen LogP contribution in [0, 0.1) is 0 Å². The second-order valence-corrected chi connectivity index (χ2v) is 27.6. The molecule has 0 bridgehead atoms. The molecule has 2 unspecified atom stereocenters. The van der Waals surface area contributed by atoms with Gasteiger partial charge in [-0.2, -0.15) is 0 Å². The normalized spacial score (nSPS) is 13.3. The van der Waals surface area contributed by atoms with Crippen LogP contribution in [0.25, 0.3) is 0 Å². The van der Waals surface area contributed by atoms with Gasteiger partial charge in [-0.3, -0.25) is 9.59 Å². The van der Waals surface area contributed by atoms with E-state index in [0.29, 0.717) is 23.9 Å². The van der Waals surface area contributed by atoms with E-state index in [0.717, 1.165) is 103 Å². The van der Waals surface area contributed by atoms with E-state index < -0.39 is 24.3 Å². The zero-order valence-electron chi connectivity index (χ0n) is 62.6. The van der Waals surface area contributed by atoms with Crippen LogP contribution in [-0.2, 0) is 33.3 Å². The molecule has 1 N–H and O–H groups in total. The molecule has 0 aromatic carbocycles. The van der Waals surface area contributed by atoms with Gasteiger partial charge in [-0.25, -0.2) is 4.79 Å². The third-order valence-electron chi connectivity index (χ3n) is 17.2. The molecule has 0 fully saturated rings. The van der Waals surface area contributed by atoms with Gasteiger partial charge in [-0.1, -0.05) is 347 Å². The number of ether oxygens (including phenoxy) is 4. The minimum atomic E-state index is -1.52. The molecular weight excluding hydrogens is 1170 g/mol. The van der Waals surface area contributed by atoms with Gasteiger partial charge in [-0.05, 0) is 109 Å². The van der Waals surface area contributed by atoms with Gasteiger partial charge in [0, 0.05) is 12.8 Å². The molecule has 0 amide bonds. The summed E-state index contributed by atoms with van der Waals surface area (Å²) in [5, 5.41) is 9.77. The van der Waals surface area contributed by atoms with Crippen molar-refractivity contribution in [3.63, 3.8) is 0 Å². The predicted molar refractivity (Wildman–Crippen MR) is 410 cm³/mol. The van der Waals surface area contributed by atoms with E-state index >= 15 is 0 Å². The molecule has 95 heavy (non-hydrogen) atoms. The summed E-state index contributed by atoms with van der Waals surface area (Å²) in [5.41, 5.74) is 0. The van der Waals surface area contributed by atoms with Crippen LogP contribution in [0.2, 0.25) is 0 Å². The number of esters is 2. The zero-order chi connectivity index (χ0) is 69.0. The number of nitrogens with zero attached hydrogens (tertiary/aromatic N) is 1. The van der Waals surface area contributed by atoms with Crippen LogP contribution in [0.3, 0.4) is 0 Å². The quantitative estimate of drug-likeness (QED) is 0.0211. The summed E-state index contributed by atoms with van der Waals surface area (Å²) in [6.45, 7) is 4.80. The number of hydrogen-bond acceptors (Lipinski definition) is 7. The first kappa shape index (κ1) is 90.7. The zero-order valence-corrected chi connectivity index (χ0v) is 62.6. The lowest BCUT2D eigenvalue weighted by atomic mass is 10.0. The van der Waals surface area contributed by atoms with E-state index in [1.54, 1.807) is 0 Å². The van der Waals surface area contributed by atoms with Gasteiger partial charge >= 0.3 is 17.9 Å². The van der Waals surface area contributed by atoms with Gasteiger partial charge in [0.2, 0.25) is 0 Å². The number of allylic oxidation sites excluding steroid dienone is 20. The van der Waals surface area contributed by atoms with E-state index in [-0.39, 0.29) is 32.2 Å². The Hall–Kier alpha value is -4.31. The lowest BCUT2D eigenvalue weighted by molar-refractivity contribution is -0.870. The molecule has 0 heterocycles. The summed E-state index contributed by atoms with van der Waals surface area (Å²) in [6.07, 6.45) is 105. The van der Waals surface area contributed by atoms with Crippen molar-refractivity contribution in [1.82, 2.24) is 0 Å². The average Bonchev–Trinajstić information content (AvgIpc) is 2.92. The number of carboxylic acids is 1. The molecule has 546 valence electrons. The lowest BCUT2D eigenvalue weighted by Gasteiger charge is -2.25. The highest BCUT2D eigenvalue weighted by molar-refractivity contribution is 5.71. The number of quaternary nitrogens is 1. The van der Waals surface area contributed by atoms with E-state index in [9.17, 15) is 19.5 Å². The van der Waals surface area contributed by atoms with Crippen molar-refractivity contribution in [3.8, 4) is 0 Å². The molecule has 0 saturated carbocycles. The molecule has 0 aliphatic heterocycles. The molecule has 2 atom stereocenters. The van der Waals surface area contributed by atoms with Crippen LogP contribution in [0.1, 0.15) is 348 Å². The fourth-order valence-electron chi connectivity index (χ4n) is 11.2. The molecule has 0 aromatic rings. The Morgan fingerprint density at radius 1 is 0.326 bits per heavy atom. The molecule has 0 aliphatic rings. The Kier molecular flexibility index (Phi) is 72.0. The smallest absolute Gasteiger partial charge is 0.361 e. The van der Waals surface area contributed by atoms with Gasteiger partial charge in [0.1, 0.15) is 13.2 Å². The van der Waals surface area contributed by atoms with Crippen molar-refractivity contribution < 1.29 is 42.9 Å². The number of hydrogen-bond donors (Lipinski definition) is 1. The maximum atomic E-state index is 13.0. The topological polar surface area (TPSA) is 108 Å². The average molecular weight is 1330 g/mol. The van der Waals surface area contributed by atoms with Crippen molar-refractivity contribution in [3.05, 3.63) is 122 Å². The number of carbonyl (C=O) groups is 3. The van der Waals surface area contributed by atoms with Crippen LogP contribution in [-0.4, -0.2) is 87.4 Å². The molecule has 0 aromatic heterocycles. The summed E-state index contributed by atoms with van der Waals surface area (Å²) in [6, 6.07) is 0. The SMILES string of the molecule is CC/C=C\C/C=C\C/C=C\C/C=C\C/C=C\C/C=C\C/C=C\C/C=C\C/C=C\CCCCCCCCCCCCCC(=O)OC(COC(=O)CCCCCCCCCCCCCCCCCCCCC/C=C\CCCCCCCCCC)COC(OCC[N+](C)(C)C)C(=O)O. The number of rotatable bonds is 73. The Morgan fingerprint density at radius 2 is 0.600 bits per heavy atom. The molecule has 9 nitrogen and oxygen atoms in total. The van der Waals surface area contributed by atoms with Gasteiger partial charge in [0.25, 0.3) is 6.29 Å². The fourth-order valence-corrected chi connectivity index (χ4v) is 11.2. The third-order valence-corrected chi connectivity index (χ3v) is 17.2. The summed E-state index contributed by atoms with van der Waals surface area (Å²) >= 11 is 0. The Bertz CT molecular complexity index is 1980.